The number of aliphatic imine (C=N–C) groups is 1. The van der Waals surface area contributed by atoms with Gasteiger partial charge in [0.15, 0.2) is 5.96 Å². The minimum absolute atomic E-state index is 0.329. The molecular formula is C17H28ClN5O. The lowest BCUT2D eigenvalue weighted by atomic mass is 10.3. The molecule has 0 saturated carbocycles. The molecule has 24 heavy (non-hydrogen) atoms. The summed E-state index contributed by atoms with van der Waals surface area (Å²) in [5.74, 6) is 1.67. The van der Waals surface area contributed by atoms with Crippen molar-refractivity contribution in [1.82, 2.24) is 15.6 Å². The lowest BCUT2D eigenvalue weighted by molar-refractivity contribution is 0.136. The molecule has 2 heterocycles. The maximum atomic E-state index is 6.23. The molecule has 0 spiro atoms. The van der Waals surface area contributed by atoms with E-state index in [4.69, 9.17) is 16.3 Å². The highest BCUT2D eigenvalue weighted by Gasteiger charge is 2.25. The fraction of sp³-hybridized carbons (Fsp3) is 0.647. The zero-order valence-electron chi connectivity index (χ0n) is 14.6. The quantitative estimate of drug-likeness (QED) is 0.426. The van der Waals surface area contributed by atoms with Crippen molar-refractivity contribution in [2.45, 2.75) is 32.2 Å². The number of unbranched alkanes of at least 4 members (excludes halogenated alkanes) is 1. The summed E-state index contributed by atoms with van der Waals surface area (Å²) in [4.78, 5) is 10.9. The van der Waals surface area contributed by atoms with Crippen LogP contribution in [-0.2, 0) is 4.74 Å². The first-order valence-corrected chi connectivity index (χ1v) is 9.02. The van der Waals surface area contributed by atoms with Crippen LogP contribution in [0.4, 0.5) is 5.82 Å². The Morgan fingerprint density at radius 1 is 1.50 bits per heavy atom. The van der Waals surface area contributed by atoms with E-state index in [1.54, 1.807) is 13.2 Å². The molecule has 2 rings (SSSR count). The average molecular weight is 354 g/mol. The predicted molar refractivity (Wildman–Crippen MR) is 100 cm³/mol. The summed E-state index contributed by atoms with van der Waals surface area (Å²) in [6.07, 6.45) is 5.08. The Bertz CT molecular complexity index is 525. The number of rotatable bonds is 8. The minimum atomic E-state index is 0.329. The Morgan fingerprint density at radius 2 is 2.38 bits per heavy atom. The van der Waals surface area contributed by atoms with Crippen molar-refractivity contribution >= 4 is 23.4 Å². The number of anilines is 1. The monoisotopic (exact) mass is 353 g/mol. The van der Waals surface area contributed by atoms with E-state index in [-0.39, 0.29) is 0 Å². The van der Waals surface area contributed by atoms with Gasteiger partial charge >= 0.3 is 0 Å². The molecular weight excluding hydrogens is 326 g/mol. The van der Waals surface area contributed by atoms with Crippen molar-refractivity contribution in [1.29, 1.82) is 0 Å². The molecule has 1 aromatic heterocycles. The standard InChI is InChI=1S/C17H28ClN5O/c1-3-4-11-24-12-9-21-17(19-2)22-14-7-10-23(13-14)16-15(18)6-5-8-20-16/h5-6,8,14H,3-4,7,9-13H2,1-2H3,(H2,19,21,22). The molecule has 1 unspecified atom stereocenters. The first-order chi connectivity index (χ1) is 11.7. The Hall–Kier alpha value is -1.53. The third-order valence-electron chi connectivity index (χ3n) is 3.97. The summed E-state index contributed by atoms with van der Waals surface area (Å²) in [6.45, 7) is 6.24. The van der Waals surface area contributed by atoms with Crippen molar-refractivity contribution in [3.05, 3.63) is 23.4 Å². The number of aromatic nitrogens is 1. The van der Waals surface area contributed by atoms with E-state index in [9.17, 15) is 0 Å². The van der Waals surface area contributed by atoms with Crippen LogP contribution >= 0.6 is 11.6 Å². The van der Waals surface area contributed by atoms with E-state index in [2.05, 4.69) is 32.4 Å². The van der Waals surface area contributed by atoms with E-state index in [1.165, 1.54) is 0 Å². The molecule has 0 aromatic carbocycles. The summed E-state index contributed by atoms with van der Waals surface area (Å²) in [5, 5.41) is 7.45. The van der Waals surface area contributed by atoms with Gasteiger partial charge in [-0.25, -0.2) is 4.98 Å². The van der Waals surface area contributed by atoms with Crippen LogP contribution in [0, 0.1) is 0 Å². The van der Waals surface area contributed by atoms with Crippen LogP contribution in [0.5, 0.6) is 0 Å². The molecule has 1 atom stereocenters. The van der Waals surface area contributed by atoms with E-state index in [0.29, 0.717) is 17.7 Å². The van der Waals surface area contributed by atoms with Crippen LogP contribution in [0.2, 0.25) is 5.02 Å². The summed E-state index contributed by atoms with van der Waals surface area (Å²) < 4.78 is 5.55. The third-order valence-corrected chi connectivity index (χ3v) is 4.27. The van der Waals surface area contributed by atoms with Gasteiger partial charge in [-0.05, 0) is 25.0 Å². The molecule has 1 fully saturated rings. The van der Waals surface area contributed by atoms with Crippen molar-refractivity contribution < 1.29 is 4.74 Å². The molecule has 1 aromatic rings. The molecule has 7 heteroatoms. The van der Waals surface area contributed by atoms with Gasteiger partial charge in [-0.3, -0.25) is 4.99 Å². The second-order valence-electron chi connectivity index (χ2n) is 5.85. The molecule has 6 nitrogen and oxygen atoms in total. The SMILES string of the molecule is CCCCOCCNC(=NC)NC1CCN(c2ncccc2Cl)C1. The summed E-state index contributed by atoms with van der Waals surface area (Å²) in [5.41, 5.74) is 0. The van der Waals surface area contributed by atoms with Gasteiger partial charge in [-0.15, -0.1) is 0 Å². The number of nitrogens with one attached hydrogen (secondary N) is 2. The lowest BCUT2D eigenvalue weighted by Gasteiger charge is -2.20. The zero-order valence-corrected chi connectivity index (χ0v) is 15.4. The molecule has 134 valence electrons. The fourth-order valence-corrected chi connectivity index (χ4v) is 2.90. The number of hydrogen-bond donors (Lipinski definition) is 2. The molecule has 2 N–H and O–H groups in total. The molecule has 0 bridgehead atoms. The smallest absolute Gasteiger partial charge is 0.191 e. The fourth-order valence-electron chi connectivity index (χ4n) is 2.66. The molecule has 1 aliphatic rings. The highest BCUT2D eigenvalue weighted by molar-refractivity contribution is 6.32. The Kier molecular flexibility index (Phi) is 8.12. The van der Waals surface area contributed by atoms with E-state index < -0.39 is 0 Å². The Labute approximate surface area is 149 Å². The lowest BCUT2D eigenvalue weighted by Crippen LogP contribution is -2.45. The molecule has 0 amide bonds. The van der Waals surface area contributed by atoms with Crippen LogP contribution in [0.15, 0.2) is 23.3 Å². The van der Waals surface area contributed by atoms with E-state index in [1.807, 2.05) is 12.1 Å². The van der Waals surface area contributed by atoms with Gasteiger partial charge in [0, 0.05) is 45.5 Å². The number of halogens is 1. The minimum Gasteiger partial charge on any atom is -0.380 e. The van der Waals surface area contributed by atoms with Crippen LogP contribution in [0.1, 0.15) is 26.2 Å². The van der Waals surface area contributed by atoms with Crippen molar-refractivity contribution in [2.24, 2.45) is 4.99 Å². The van der Waals surface area contributed by atoms with E-state index in [0.717, 1.165) is 57.3 Å². The van der Waals surface area contributed by atoms with Crippen molar-refractivity contribution in [3.8, 4) is 0 Å². The van der Waals surface area contributed by atoms with Gasteiger partial charge in [-0.2, -0.15) is 0 Å². The van der Waals surface area contributed by atoms with Crippen LogP contribution < -0.4 is 15.5 Å². The first kappa shape index (κ1) is 18.8. The summed E-state index contributed by atoms with van der Waals surface area (Å²) in [7, 11) is 1.79. The Balaban J connectivity index is 1.72. The maximum Gasteiger partial charge on any atom is 0.191 e. The third kappa shape index (κ3) is 5.83. The van der Waals surface area contributed by atoms with Gasteiger partial charge in [0.05, 0.1) is 11.6 Å². The second-order valence-corrected chi connectivity index (χ2v) is 6.26. The number of guanidine groups is 1. The largest absolute Gasteiger partial charge is 0.380 e. The number of nitrogens with zero attached hydrogens (tertiary/aromatic N) is 3. The topological polar surface area (TPSA) is 61.8 Å². The van der Waals surface area contributed by atoms with Gasteiger partial charge in [-0.1, -0.05) is 24.9 Å². The van der Waals surface area contributed by atoms with Gasteiger partial charge in [0.25, 0.3) is 0 Å². The second kappa shape index (κ2) is 10.4. The van der Waals surface area contributed by atoms with Crippen molar-refractivity contribution in [2.75, 3.05) is 44.8 Å². The predicted octanol–water partition coefficient (Wildman–Crippen LogP) is 2.30. The number of pyridine rings is 1. The summed E-state index contributed by atoms with van der Waals surface area (Å²) >= 11 is 6.23. The number of hydrogen-bond acceptors (Lipinski definition) is 4. The first-order valence-electron chi connectivity index (χ1n) is 8.65. The van der Waals surface area contributed by atoms with Crippen LogP contribution in [0.3, 0.4) is 0 Å². The van der Waals surface area contributed by atoms with E-state index >= 15 is 0 Å². The Morgan fingerprint density at radius 3 is 3.12 bits per heavy atom. The maximum absolute atomic E-state index is 6.23. The highest BCUT2D eigenvalue weighted by Crippen LogP contribution is 2.25. The van der Waals surface area contributed by atoms with Crippen molar-refractivity contribution in [3.63, 3.8) is 0 Å². The van der Waals surface area contributed by atoms with Gasteiger partial charge < -0.3 is 20.3 Å². The highest BCUT2D eigenvalue weighted by atomic mass is 35.5. The van der Waals surface area contributed by atoms with Gasteiger partial charge in [0.1, 0.15) is 5.82 Å². The normalized spacial score (nSPS) is 18.0. The van der Waals surface area contributed by atoms with Crippen LogP contribution in [0.25, 0.3) is 0 Å². The zero-order chi connectivity index (χ0) is 17.2. The van der Waals surface area contributed by atoms with Gasteiger partial charge in [0.2, 0.25) is 0 Å². The molecule has 0 aliphatic carbocycles. The number of ether oxygens (including phenoxy) is 1. The summed E-state index contributed by atoms with van der Waals surface area (Å²) in [6, 6.07) is 4.06. The van der Waals surface area contributed by atoms with Crippen LogP contribution in [-0.4, -0.2) is 56.9 Å². The molecule has 1 aliphatic heterocycles. The molecule has 1 saturated heterocycles. The average Bonchev–Trinajstić information content (AvgIpc) is 3.05. The molecule has 0 radical (unpaired) electrons.